The number of benzene rings is 2. The molecule has 3 rings (SSSR count). The van der Waals surface area contributed by atoms with Gasteiger partial charge < -0.3 is 5.11 Å². The minimum atomic E-state index is -5.03. The second kappa shape index (κ2) is 7.18. The van der Waals surface area contributed by atoms with Crippen molar-refractivity contribution in [2.24, 2.45) is 0 Å². The predicted octanol–water partition coefficient (Wildman–Crippen LogP) is 6.16. The highest BCUT2D eigenvalue weighted by atomic mass is 19.4. The van der Waals surface area contributed by atoms with Gasteiger partial charge in [-0.2, -0.15) is 13.2 Å². The lowest BCUT2D eigenvalue weighted by atomic mass is 9.89. The van der Waals surface area contributed by atoms with Crippen molar-refractivity contribution in [1.82, 2.24) is 0 Å². The molecule has 7 heteroatoms. The van der Waals surface area contributed by atoms with Gasteiger partial charge in [0, 0.05) is 17.5 Å². The number of hydrogen-bond acceptors (Lipinski definition) is 1. The highest BCUT2D eigenvalue weighted by molar-refractivity contribution is 5.74. The molecular weight excluding hydrogens is 379 g/mol. The first-order chi connectivity index (χ1) is 13.0. The lowest BCUT2D eigenvalue weighted by Gasteiger charge is -2.19. The summed E-state index contributed by atoms with van der Waals surface area (Å²) in [4.78, 5) is 10.8. The summed E-state index contributed by atoms with van der Waals surface area (Å²) in [5, 5.41) is 8.78. The number of rotatable bonds is 5. The van der Waals surface area contributed by atoms with Crippen LogP contribution in [0, 0.1) is 25.5 Å². The summed E-state index contributed by atoms with van der Waals surface area (Å²) in [6.07, 6.45) is -4.28. The molecule has 0 saturated heterocycles. The molecular formula is C21H19F5O2. The number of halogens is 5. The molecule has 0 unspecified atom stereocenters. The summed E-state index contributed by atoms with van der Waals surface area (Å²) in [7, 11) is 0. The Hall–Kier alpha value is -2.44. The fraction of sp³-hybridized carbons (Fsp3) is 0.381. The van der Waals surface area contributed by atoms with Crippen LogP contribution in [0.4, 0.5) is 22.0 Å². The Labute approximate surface area is 159 Å². The second-order valence-corrected chi connectivity index (χ2v) is 7.27. The molecule has 0 radical (unpaired) electrons. The molecule has 0 aliphatic heterocycles. The molecule has 2 aromatic carbocycles. The van der Waals surface area contributed by atoms with Crippen molar-refractivity contribution in [2.75, 3.05) is 0 Å². The van der Waals surface area contributed by atoms with Crippen molar-refractivity contribution >= 4 is 5.97 Å². The van der Waals surface area contributed by atoms with Gasteiger partial charge in [-0.1, -0.05) is 12.1 Å². The number of alkyl halides is 3. The number of aryl methyl sites for hydroxylation is 2. The molecule has 0 spiro atoms. The minimum absolute atomic E-state index is 0.281. The Kier molecular flexibility index (Phi) is 5.21. The monoisotopic (exact) mass is 398 g/mol. The van der Waals surface area contributed by atoms with Crippen LogP contribution in [0.5, 0.6) is 0 Å². The standard InChI is InChI=1S/C21H19F5O2/c1-10-7-13(12-3-4-12)8-11(2)18(10)15-9-16(21(24,25)26)20(23)14(19(15)22)5-6-17(27)28/h7-9,12H,3-6H2,1-2H3,(H,27,28). The zero-order valence-electron chi connectivity index (χ0n) is 15.4. The van der Waals surface area contributed by atoms with E-state index >= 15 is 4.39 Å². The first-order valence-electron chi connectivity index (χ1n) is 8.92. The van der Waals surface area contributed by atoms with Gasteiger partial charge in [0.2, 0.25) is 0 Å². The van der Waals surface area contributed by atoms with E-state index < -0.39 is 47.7 Å². The van der Waals surface area contributed by atoms with E-state index in [2.05, 4.69) is 0 Å². The Balaban J connectivity index is 2.23. The summed E-state index contributed by atoms with van der Waals surface area (Å²) in [5.41, 5.74) is -0.250. The maximum atomic E-state index is 15.1. The highest BCUT2D eigenvalue weighted by Crippen LogP contribution is 2.44. The quantitative estimate of drug-likeness (QED) is 0.613. The first kappa shape index (κ1) is 20.3. The van der Waals surface area contributed by atoms with Crippen LogP contribution in [0.25, 0.3) is 11.1 Å². The molecule has 0 heterocycles. The summed E-state index contributed by atoms with van der Waals surface area (Å²) in [6, 6.07) is 4.14. The van der Waals surface area contributed by atoms with Crippen LogP contribution in [-0.4, -0.2) is 11.1 Å². The maximum absolute atomic E-state index is 15.1. The van der Waals surface area contributed by atoms with E-state index in [-0.39, 0.29) is 11.1 Å². The molecule has 2 nitrogen and oxygen atoms in total. The first-order valence-corrected chi connectivity index (χ1v) is 8.92. The molecule has 28 heavy (non-hydrogen) atoms. The number of carboxylic acid groups (broad SMARTS) is 1. The van der Waals surface area contributed by atoms with Crippen molar-refractivity contribution < 1.29 is 31.9 Å². The highest BCUT2D eigenvalue weighted by Gasteiger charge is 2.37. The third-order valence-electron chi connectivity index (χ3n) is 5.06. The van der Waals surface area contributed by atoms with Gasteiger partial charge in [0.15, 0.2) is 0 Å². The Morgan fingerprint density at radius 2 is 1.64 bits per heavy atom. The Morgan fingerprint density at radius 3 is 2.11 bits per heavy atom. The molecule has 1 saturated carbocycles. The minimum Gasteiger partial charge on any atom is -0.481 e. The van der Waals surface area contributed by atoms with E-state index in [1.807, 2.05) is 12.1 Å². The summed E-state index contributed by atoms with van der Waals surface area (Å²) < 4.78 is 69.5. The van der Waals surface area contributed by atoms with Gasteiger partial charge in [0.25, 0.3) is 0 Å². The van der Waals surface area contributed by atoms with Crippen molar-refractivity contribution in [3.05, 3.63) is 57.7 Å². The van der Waals surface area contributed by atoms with Crippen LogP contribution in [0.3, 0.4) is 0 Å². The van der Waals surface area contributed by atoms with Crippen LogP contribution < -0.4 is 0 Å². The molecule has 0 aromatic heterocycles. The zero-order valence-corrected chi connectivity index (χ0v) is 15.4. The van der Waals surface area contributed by atoms with Gasteiger partial charge in [-0.25, -0.2) is 8.78 Å². The Bertz CT molecular complexity index is 920. The lowest BCUT2D eigenvalue weighted by molar-refractivity contribution is -0.140. The molecule has 150 valence electrons. The van der Waals surface area contributed by atoms with Crippen molar-refractivity contribution in [2.45, 2.75) is 51.6 Å². The molecule has 0 bridgehead atoms. The normalized spacial score (nSPS) is 14.4. The van der Waals surface area contributed by atoms with Gasteiger partial charge in [-0.3, -0.25) is 4.79 Å². The van der Waals surface area contributed by atoms with E-state index in [1.165, 1.54) is 0 Å². The van der Waals surface area contributed by atoms with Crippen molar-refractivity contribution in [1.29, 1.82) is 0 Å². The van der Waals surface area contributed by atoms with E-state index in [9.17, 15) is 22.4 Å². The molecule has 2 aromatic rings. The second-order valence-electron chi connectivity index (χ2n) is 7.27. The van der Waals surface area contributed by atoms with Crippen LogP contribution in [0.2, 0.25) is 0 Å². The molecule has 1 aliphatic carbocycles. The molecule has 1 N–H and O–H groups in total. The van der Waals surface area contributed by atoms with Gasteiger partial charge >= 0.3 is 12.1 Å². The fourth-order valence-electron chi connectivity index (χ4n) is 3.61. The third kappa shape index (κ3) is 3.88. The molecule has 0 amide bonds. The van der Waals surface area contributed by atoms with Crippen molar-refractivity contribution in [3.8, 4) is 11.1 Å². The largest absolute Gasteiger partial charge is 0.481 e. The number of aliphatic carboxylic acids is 1. The number of carbonyl (C=O) groups is 1. The Morgan fingerprint density at radius 1 is 1.07 bits per heavy atom. The smallest absolute Gasteiger partial charge is 0.419 e. The van der Waals surface area contributed by atoms with Crippen molar-refractivity contribution in [3.63, 3.8) is 0 Å². The van der Waals surface area contributed by atoms with Gasteiger partial charge in [0.05, 0.1) is 5.56 Å². The topological polar surface area (TPSA) is 37.3 Å². The van der Waals surface area contributed by atoms with Gasteiger partial charge in [-0.05, 0) is 67.3 Å². The predicted molar refractivity (Wildman–Crippen MR) is 94.2 cm³/mol. The van der Waals surface area contributed by atoms with E-state index in [1.54, 1.807) is 13.8 Å². The summed E-state index contributed by atoms with van der Waals surface area (Å²) in [5.74, 6) is -3.82. The maximum Gasteiger partial charge on any atom is 0.419 e. The van der Waals surface area contributed by atoms with Crippen LogP contribution >= 0.6 is 0 Å². The number of hydrogen-bond donors (Lipinski definition) is 1. The number of carboxylic acids is 1. The van der Waals surface area contributed by atoms with Crippen LogP contribution in [-0.2, 0) is 17.4 Å². The fourth-order valence-corrected chi connectivity index (χ4v) is 3.61. The third-order valence-corrected chi connectivity index (χ3v) is 5.06. The molecule has 0 atom stereocenters. The molecule has 1 fully saturated rings. The summed E-state index contributed by atoms with van der Waals surface area (Å²) in [6.45, 7) is 3.36. The SMILES string of the molecule is Cc1cc(C2CC2)cc(C)c1-c1cc(C(F)(F)F)c(F)c(CCC(=O)O)c1F. The van der Waals surface area contributed by atoms with Gasteiger partial charge in [-0.15, -0.1) is 0 Å². The average Bonchev–Trinajstić information content (AvgIpc) is 3.39. The van der Waals surface area contributed by atoms with E-state index in [0.717, 1.165) is 18.4 Å². The van der Waals surface area contributed by atoms with Crippen LogP contribution in [0.1, 0.15) is 53.0 Å². The lowest BCUT2D eigenvalue weighted by Crippen LogP contribution is -2.14. The van der Waals surface area contributed by atoms with E-state index in [0.29, 0.717) is 23.1 Å². The summed E-state index contributed by atoms with van der Waals surface area (Å²) >= 11 is 0. The molecule has 1 aliphatic rings. The van der Waals surface area contributed by atoms with E-state index in [4.69, 9.17) is 5.11 Å². The zero-order chi connectivity index (χ0) is 20.8. The van der Waals surface area contributed by atoms with Gasteiger partial charge in [0.1, 0.15) is 11.6 Å². The van der Waals surface area contributed by atoms with Crippen LogP contribution in [0.15, 0.2) is 18.2 Å². The average molecular weight is 398 g/mol.